The van der Waals surface area contributed by atoms with Gasteiger partial charge in [-0.1, -0.05) is 23.7 Å². The van der Waals surface area contributed by atoms with Crippen LogP contribution in [-0.4, -0.2) is 29.2 Å². The number of anilines is 1. The molecule has 0 spiro atoms. The monoisotopic (exact) mass is 309 g/mol. The van der Waals surface area contributed by atoms with Crippen LogP contribution in [0.2, 0.25) is 5.02 Å². The van der Waals surface area contributed by atoms with E-state index in [0.29, 0.717) is 17.1 Å². The number of hydrogen-bond donors (Lipinski definition) is 2. The molecule has 1 aromatic rings. The topological polar surface area (TPSA) is 75.6 Å². The highest BCUT2D eigenvalue weighted by molar-refractivity contribution is 6.34. The van der Waals surface area contributed by atoms with Gasteiger partial charge in [-0.3, -0.25) is 9.59 Å². The molecule has 2 bridgehead atoms. The maximum atomic E-state index is 12.5. The second-order valence-corrected chi connectivity index (χ2v) is 6.01. The minimum absolute atomic E-state index is 0.307. The molecular formula is C15H16ClNO4. The second-order valence-electron chi connectivity index (χ2n) is 5.60. The fourth-order valence-electron chi connectivity index (χ4n) is 3.32. The molecule has 3 rings (SSSR count). The molecule has 0 unspecified atom stereocenters. The maximum Gasteiger partial charge on any atom is 0.310 e. The smallest absolute Gasteiger partial charge is 0.310 e. The van der Waals surface area contributed by atoms with Gasteiger partial charge in [0.25, 0.3) is 0 Å². The fourth-order valence-corrected chi connectivity index (χ4v) is 3.59. The minimum Gasteiger partial charge on any atom is -0.481 e. The molecule has 2 fully saturated rings. The first-order chi connectivity index (χ1) is 9.99. The van der Waals surface area contributed by atoms with E-state index in [1.807, 2.05) is 13.0 Å². The van der Waals surface area contributed by atoms with Gasteiger partial charge in [0.05, 0.1) is 34.8 Å². The average Bonchev–Trinajstić information content (AvgIpc) is 3.03. The van der Waals surface area contributed by atoms with Crippen molar-refractivity contribution in [3.63, 3.8) is 0 Å². The molecule has 2 aliphatic rings. The van der Waals surface area contributed by atoms with Crippen LogP contribution in [0.5, 0.6) is 0 Å². The van der Waals surface area contributed by atoms with Gasteiger partial charge >= 0.3 is 5.97 Å². The molecule has 2 saturated heterocycles. The van der Waals surface area contributed by atoms with Crippen LogP contribution >= 0.6 is 11.6 Å². The summed E-state index contributed by atoms with van der Waals surface area (Å²) in [4.78, 5) is 23.9. The number of amides is 1. The highest BCUT2D eigenvalue weighted by atomic mass is 35.5. The standard InChI is InChI=1S/C15H16ClNO4/c1-7-3-2-4-8(16)13(7)17-14(18)11-9-5-6-10(21-9)12(11)15(19)20/h2-4,9-12H,5-6H2,1H3,(H,17,18)(H,19,20)/t9-,10-,11-,12-/m1/s1. The summed E-state index contributed by atoms with van der Waals surface area (Å²) in [7, 11) is 0. The van der Waals surface area contributed by atoms with E-state index in [-0.39, 0.29) is 18.1 Å². The number of carbonyl (C=O) groups excluding carboxylic acids is 1. The van der Waals surface area contributed by atoms with E-state index in [1.54, 1.807) is 12.1 Å². The minimum atomic E-state index is -0.974. The normalized spacial score (nSPS) is 30.4. The summed E-state index contributed by atoms with van der Waals surface area (Å²) in [5.41, 5.74) is 1.38. The summed E-state index contributed by atoms with van der Waals surface area (Å²) in [6.07, 6.45) is 0.777. The Bertz CT molecular complexity index is 583. The van der Waals surface area contributed by atoms with Gasteiger partial charge in [0.1, 0.15) is 0 Å². The van der Waals surface area contributed by atoms with Crippen LogP contribution < -0.4 is 5.32 Å². The van der Waals surface area contributed by atoms with Crippen LogP contribution in [0.4, 0.5) is 5.69 Å². The third kappa shape index (κ3) is 2.40. The summed E-state index contributed by atoms with van der Waals surface area (Å²) < 4.78 is 5.60. The van der Waals surface area contributed by atoms with Gasteiger partial charge in [-0.15, -0.1) is 0 Å². The molecular weight excluding hydrogens is 294 g/mol. The first-order valence-electron chi connectivity index (χ1n) is 6.93. The molecule has 21 heavy (non-hydrogen) atoms. The Balaban J connectivity index is 1.83. The van der Waals surface area contributed by atoms with Crippen LogP contribution in [-0.2, 0) is 14.3 Å². The zero-order valence-electron chi connectivity index (χ0n) is 11.5. The number of carbonyl (C=O) groups is 2. The molecule has 2 aliphatic heterocycles. The van der Waals surface area contributed by atoms with E-state index >= 15 is 0 Å². The predicted molar refractivity (Wildman–Crippen MR) is 77.3 cm³/mol. The van der Waals surface area contributed by atoms with Gasteiger partial charge in [0.2, 0.25) is 5.91 Å². The Labute approximate surface area is 127 Å². The third-order valence-electron chi connectivity index (χ3n) is 4.33. The lowest BCUT2D eigenvalue weighted by Gasteiger charge is -2.24. The van der Waals surface area contributed by atoms with E-state index in [1.165, 1.54) is 0 Å². The highest BCUT2D eigenvalue weighted by Crippen LogP contribution is 2.44. The number of hydrogen-bond acceptors (Lipinski definition) is 3. The fraction of sp³-hybridized carbons (Fsp3) is 0.467. The molecule has 0 aliphatic carbocycles. The quantitative estimate of drug-likeness (QED) is 0.899. The number of para-hydroxylation sites is 1. The molecule has 112 valence electrons. The highest BCUT2D eigenvalue weighted by Gasteiger charge is 2.55. The molecule has 1 aromatic carbocycles. The molecule has 2 heterocycles. The Morgan fingerprint density at radius 3 is 2.57 bits per heavy atom. The number of aryl methyl sites for hydroxylation is 1. The molecule has 0 aromatic heterocycles. The maximum absolute atomic E-state index is 12.5. The summed E-state index contributed by atoms with van der Waals surface area (Å²) in [6, 6.07) is 5.33. The van der Waals surface area contributed by atoms with Crippen LogP contribution in [0.3, 0.4) is 0 Å². The average molecular weight is 310 g/mol. The van der Waals surface area contributed by atoms with Crippen molar-refractivity contribution >= 4 is 29.2 Å². The van der Waals surface area contributed by atoms with Crippen molar-refractivity contribution < 1.29 is 19.4 Å². The molecule has 2 N–H and O–H groups in total. The summed E-state index contributed by atoms with van der Waals surface area (Å²) in [6.45, 7) is 1.84. The van der Waals surface area contributed by atoms with Crippen LogP contribution in [0.1, 0.15) is 18.4 Å². The van der Waals surface area contributed by atoms with Crippen molar-refractivity contribution in [1.29, 1.82) is 0 Å². The molecule has 1 amide bonds. The van der Waals surface area contributed by atoms with E-state index in [0.717, 1.165) is 12.0 Å². The zero-order valence-corrected chi connectivity index (χ0v) is 12.3. The van der Waals surface area contributed by atoms with E-state index in [4.69, 9.17) is 16.3 Å². The van der Waals surface area contributed by atoms with Crippen molar-refractivity contribution in [2.45, 2.75) is 32.0 Å². The number of aliphatic carboxylic acids is 1. The number of carboxylic acids is 1. The largest absolute Gasteiger partial charge is 0.481 e. The van der Waals surface area contributed by atoms with Gasteiger partial charge in [-0.25, -0.2) is 0 Å². The Morgan fingerprint density at radius 1 is 1.29 bits per heavy atom. The number of rotatable bonds is 3. The van der Waals surface area contributed by atoms with Gasteiger partial charge < -0.3 is 15.2 Å². The lowest BCUT2D eigenvalue weighted by molar-refractivity contribution is -0.147. The Hall–Kier alpha value is -1.59. The van der Waals surface area contributed by atoms with Gasteiger partial charge in [0.15, 0.2) is 0 Å². The number of fused-ring (bicyclic) bond motifs is 2. The number of carboxylic acid groups (broad SMARTS) is 1. The first kappa shape index (κ1) is 14.4. The van der Waals surface area contributed by atoms with Crippen molar-refractivity contribution in [1.82, 2.24) is 0 Å². The van der Waals surface area contributed by atoms with Crippen LogP contribution in [0.25, 0.3) is 0 Å². The summed E-state index contributed by atoms with van der Waals surface area (Å²) in [5.74, 6) is -2.73. The lowest BCUT2D eigenvalue weighted by atomic mass is 9.78. The zero-order chi connectivity index (χ0) is 15.1. The van der Waals surface area contributed by atoms with Gasteiger partial charge in [-0.05, 0) is 31.4 Å². The van der Waals surface area contributed by atoms with E-state index < -0.39 is 17.8 Å². The number of halogens is 1. The number of benzene rings is 1. The number of nitrogens with one attached hydrogen (secondary N) is 1. The Morgan fingerprint density at radius 2 is 1.95 bits per heavy atom. The van der Waals surface area contributed by atoms with Crippen molar-refractivity contribution in [2.75, 3.05) is 5.32 Å². The summed E-state index contributed by atoms with van der Waals surface area (Å²) in [5, 5.41) is 12.6. The van der Waals surface area contributed by atoms with Crippen LogP contribution in [0, 0.1) is 18.8 Å². The van der Waals surface area contributed by atoms with E-state index in [2.05, 4.69) is 5.32 Å². The van der Waals surface area contributed by atoms with Crippen molar-refractivity contribution in [2.24, 2.45) is 11.8 Å². The molecule has 4 atom stereocenters. The van der Waals surface area contributed by atoms with Gasteiger partial charge in [0, 0.05) is 0 Å². The first-order valence-corrected chi connectivity index (χ1v) is 7.31. The Kier molecular flexibility index (Phi) is 3.63. The second kappa shape index (κ2) is 5.31. The summed E-state index contributed by atoms with van der Waals surface area (Å²) >= 11 is 6.10. The van der Waals surface area contributed by atoms with Crippen molar-refractivity contribution in [3.8, 4) is 0 Å². The van der Waals surface area contributed by atoms with Gasteiger partial charge in [-0.2, -0.15) is 0 Å². The molecule has 0 saturated carbocycles. The van der Waals surface area contributed by atoms with Crippen LogP contribution in [0.15, 0.2) is 18.2 Å². The SMILES string of the molecule is Cc1cccc(Cl)c1NC(=O)[C@H]1[C@H](C(=O)O)[C@H]2CC[C@H]1O2. The van der Waals surface area contributed by atoms with Crippen molar-refractivity contribution in [3.05, 3.63) is 28.8 Å². The molecule has 6 heteroatoms. The molecule has 0 radical (unpaired) electrons. The third-order valence-corrected chi connectivity index (χ3v) is 4.65. The molecule has 5 nitrogen and oxygen atoms in total. The lowest BCUT2D eigenvalue weighted by Crippen LogP contribution is -2.41. The number of ether oxygens (including phenoxy) is 1. The predicted octanol–water partition coefficient (Wildman–Crippen LogP) is 2.47. The van der Waals surface area contributed by atoms with E-state index in [9.17, 15) is 14.7 Å².